The standard InChI is InChI=1S/C16H22ClNO/c1-16(2,3)9-8-13(17)11-4-6-14-12(10-11)5-7-15(19)18-14/h4,6,10,13H,5,7-9H2,1-3H3,(H,18,19). The van der Waals surface area contributed by atoms with Gasteiger partial charge in [-0.1, -0.05) is 32.9 Å². The fourth-order valence-electron chi connectivity index (χ4n) is 2.32. The van der Waals surface area contributed by atoms with Crippen LogP contribution in [-0.2, 0) is 11.2 Å². The van der Waals surface area contributed by atoms with Gasteiger partial charge in [0.25, 0.3) is 0 Å². The number of hydrogen-bond acceptors (Lipinski definition) is 1. The zero-order chi connectivity index (χ0) is 14.0. The van der Waals surface area contributed by atoms with E-state index >= 15 is 0 Å². The Morgan fingerprint density at radius 3 is 2.74 bits per heavy atom. The van der Waals surface area contributed by atoms with Gasteiger partial charge in [0.1, 0.15) is 0 Å². The lowest BCUT2D eigenvalue weighted by atomic mass is 9.88. The van der Waals surface area contributed by atoms with Gasteiger partial charge in [0, 0.05) is 12.1 Å². The second kappa shape index (κ2) is 5.54. The van der Waals surface area contributed by atoms with Gasteiger partial charge >= 0.3 is 0 Å². The topological polar surface area (TPSA) is 29.1 Å². The number of carbonyl (C=O) groups excluding carboxylic acids is 1. The molecule has 0 saturated carbocycles. The summed E-state index contributed by atoms with van der Waals surface area (Å²) in [4.78, 5) is 11.3. The molecule has 0 radical (unpaired) electrons. The predicted molar refractivity (Wildman–Crippen MR) is 80.7 cm³/mol. The molecule has 1 aliphatic heterocycles. The number of halogens is 1. The molecule has 1 atom stereocenters. The minimum atomic E-state index is 0.0575. The second-order valence-electron chi connectivity index (χ2n) is 6.53. The van der Waals surface area contributed by atoms with Crippen molar-refractivity contribution in [1.82, 2.24) is 0 Å². The summed E-state index contributed by atoms with van der Waals surface area (Å²) < 4.78 is 0. The summed E-state index contributed by atoms with van der Waals surface area (Å²) in [6.45, 7) is 6.71. The Labute approximate surface area is 120 Å². The van der Waals surface area contributed by atoms with Gasteiger partial charge in [-0.05, 0) is 41.9 Å². The molecule has 0 fully saturated rings. The SMILES string of the molecule is CC(C)(C)CCC(Cl)c1ccc2c(c1)CCC(=O)N2. The van der Waals surface area contributed by atoms with Gasteiger partial charge in [0.15, 0.2) is 0 Å². The third kappa shape index (κ3) is 3.97. The minimum Gasteiger partial charge on any atom is -0.326 e. The van der Waals surface area contributed by atoms with Crippen molar-refractivity contribution < 1.29 is 4.79 Å². The quantitative estimate of drug-likeness (QED) is 0.800. The van der Waals surface area contributed by atoms with E-state index in [0.717, 1.165) is 24.9 Å². The number of alkyl halides is 1. The van der Waals surface area contributed by atoms with Crippen molar-refractivity contribution in [2.24, 2.45) is 5.41 Å². The molecule has 0 saturated heterocycles. The summed E-state index contributed by atoms with van der Waals surface area (Å²) in [5, 5.41) is 2.96. The van der Waals surface area contributed by atoms with E-state index in [1.54, 1.807) is 0 Å². The molecule has 2 nitrogen and oxygen atoms in total. The highest BCUT2D eigenvalue weighted by Gasteiger charge is 2.18. The summed E-state index contributed by atoms with van der Waals surface area (Å²) in [5.41, 5.74) is 3.63. The third-order valence-corrected chi connectivity index (χ3v) is 4.00. The third-order valence-electron chi connectivity index (χ3n) is 3.53. The highest BCUT2D eigenvalue weighted by molar-refractivity contribution is 6.20. The Morgan fingerprint density at radius 2 is 2.05 bits per heavy atom. The number of benzene rings is 1. The van der Waals surface area contributed by atoms with Crippen LogP contribution in [0.3, 0.4) is 0 Å². The molecular weight excluding hydrogens is 258 g/mol. The van der Waals surface area contributed by atoms with Gasteiger partial charge in [-0.15, -0.1) is 11.6 Å². The Hall–Kier alpha value is -1.02. The zero-order valence-corrected chi connectivity index (χ0v) is 12.7. The van der Waals surface area contributed by atoms with E-state index in [4.69, 9.17) is 11.6 Å². The van der Waals surface area contributed by atoms with E-state index in [1.807, 2.05) is 12.1 Å². The van der Waals surface area contributed by atoms with Crippen LogP contribution in [0.2, 0.25) is 0 Å². The molecule has 2 rings (SSSR count). The van der Waals surface area contributed by atoms with E-state index < -0.39 is 0 Å². The van der Waals surface area contributed by atoms with Gasteiger partial charge in [-0.3, -0.25) is 4.79 Å². The monoisotopic (exact) mass is 279 g/mol. The van der Waals surface area contributed by atoms with E-state index in [2.05, 4.69) is 32.2 Å². The first-order valence-corrected chi connectivity index (χ1v) is 7.35. The number of aryl methyl sites for hydroxylation is 1. The first-order chi connectivity index (χ1) is 8.85. The summed E-state index contributed by atoms with van der Waals surface area (Å²) >= 11 is 6.50. The molecule has 19 heavy (non-hydrogen) atoms. The maximum atomic E-state index is 11.3. The molecule has 1 aromatic carbocycles. The molecule has 3 heteroatoms. The summed E-state index contributed by atoms with van der Waals surface area (Å²) in [6.07, 6.45) is 3.48. The lowest BCUT2D eigenvalue weighted by Gasteiger charge is -2.22. The lowest BCUT2D eigenvalue weighted by Crippen LogP contribution is -2.19. The van der Waals surface area contributed by atoms with Crippen molar-refractivity contribution in [1.29, 1.82) is 0 Å². The van der Waals surface area contributed by atoms with Crippen LogP contribution >= 0.6 is 11.6 Å². The number of nitrogens with one attached hydrogen (secondary N) is 1. The summed E-state index contributed by atoms with van der Waals surface area (Å²) in [7, 11) is 0. The van der Waals surface area contributed by atoms with Gasteiger partial charge in [-0.25, -0.2) is 0 Å². The fourth-order valence-corrected chi connectivity index (χ4v) is 2.57. The van der Waals surface area contributed by atoms with Crippen molar-refractivity contribution in [3.8, 4) is 0 Å². The number of anilines is 1. The number of rotatable bonds is 3. The number of carbonyl (C=O) groups is 1. The second-order valence-corrected chi connectivity index (χ2v) is 7.06. The maximum absolute atomic E-state index is 11.3. The number of fused-ring (bicyclic) bond motifs is 1. The van der Waals surface area contributed by atoms with Crippen molar-refractivity contribution in [2.45, 2.75) is 51.8 Å². The molecule has 1 N–H and O–H groups in total. The smallest absolute Gasteiger partial charge is 0.224 e. The molecule has 1 aromatic rings. The number of hydrogen-bond donors (Lipinski definition) is 1. The molecule has 0 bridgehead atoms. The van der Waals surface area contributed by atoms with Crippen LogP contribution in [0.5, 0.6) is 0 Å². The molecule has 1 heterocycles. The van der Waals surface area contributed by atoms with Crippen LogP contribution in [0.4, 0.5) is 5.69 Å². The minimum absolute atomic E-state index is 0.0575. The molecular formula is C16H22ClNO. The Kier molecular flexibility index (Phi) is 4.19. The van der Waals surface area contributed by atoms with E-state index in [-0.39, 0.29) is 11.3 Å². The molecule has 1 amide bonds. The lowest BCUT2D eigenvalue weighted by molar-refractivity contribution is -0.116. The van der Waals surface area contributed by atoms with E-state index in [9.17, 15) is 4.79 Å². The molecule has 0 aromatic heterocycles. The zero-order valence-electron chi connectivity index (χ0n) is 11.9. The highest BCUT2D eigenvalue weighted by Crippen LogP contribution is 2.34. The van der Waals surface area contributed by atoms with Crippen LogP contribution in [0.1, 0.15) is 56.5 Å². The van der Waals surface area contributed by atoms with Crippen LogP contribution in [0.25, 0.3) is 0 Å². The van der Waals surface area contributed by atoms with Gasteiger partial charge in [0.05, 0.1) is 5.38 Å². The van der Waals surface area contributed by atoms with Crippen LogP contribution < -0.4 is 5.32 Å². The predicted octanol–water partition coefficient (Wildman–Crippen LogP) is 4.68. The van der Waals surface area contributed by atoms with Crippen molar-refractivity contribution >= 4 is 23.2 Å². The first kappa shape index (κ1) is 14.4. The Morgan fingerprint density at radius 1 is 1.32 bits per heavy atom. The molecule has 0 aliphatic carbocycles. The fraction of sp³-hybridized carbons (Fsp3) is 0.562. The molecule has 1 aliphatic rings. The van der Waals surface area contributed by atoms with Crippen LogP contribution in [0, 0.1) is 5.41 Å². The molecule has 1 unspecified atom stereocenters. The van der Waals surface area contributed by atoms with E-state index in [0.29, 0.717) is 11.8 Å². The van der Waals surface area contributed by atoms with Gasteiger partial charge in [0.2, 0.25) is 5.91 Å². The average molecular weight is 280 g/mol. The summed E-state index contributed by atoms with van der Waals surface area (Å²) in [6, 6.07) is 6.16. The Bertz CT molecular complexity index is 476. The van der Waals surface area contributed by atoms with Crippen molar-refractivity contribution in [3.63, 3.8) is 0 Å². The Balaban J connectivity index is 2.07. The summed E-state index contributed by atoms with van der Waals surface area (Å²) in [5.74, 6) is 0.107. The molecule has 0 spiro atoms. The van der Waals surface area contributed by atoms with Crippen LogP contribution in [-0.4, -0.2) is 5.91 Å². The van der Waals surface area contributed by atoms with Gasteiger partial charge in [-0.2, -0.15) is 0 Å². The van der Waals surface area contributed by atoms with E-state index in [1.165, 1.54) is 11.1 Å². The normalized spacial score (nSPS) is 16.7. The maximum Gasteiger partial charge on any atom is 0.224 e. The van der Waals surface area contributed by atoms with Crippen LogP contribution in [0.15, 0.2) is 18.2 Å². The number of amides is 1. The highest BCUT2D eigenvalue weighted by atomic mass is 35.5. The van der Waals surface area contributed by atoms with Gasteiger partial charge < -0.3 is 5.32 Å². The molecule has 104 valence electrons. The largest absolute Gasteiger partial charge is 0.326 e. The first-order valence-electron chi connectivity index (χ1n) is 6.92. The average Bonchev–Trinajstić information content (AvgIpc) is 2.34. The van der Waals surface area contributed by atoms with Crippen molar-refractivity contribution in [2.75, 3.05) is 5.32 Å². The van der Waals surface area contributed by atoms with Crippen molar-refractivity contribution in [3.05, 3.63) is 29.3 Å².